The molecule has 0 spiro atoms. The molecule has 2 aliphatic rings. The molecule has 1 atom stereocenters. The second-order valence-corrected chi connectivity index (χ2v) is 3.91. The minimum atomic E-state index is 0.203. The van der Waals surface area contributed by atoms with E-state index in [0.717, 1.165) is 39.0 Å². The molecule has 74 valence electrons. The van der Waals surface area contributed by atoms with E-state index in [1.54, 1.807) is 0 Å². The minimum absolute atomic E-state index is 0.203. The Morgan fingerprint density at radius 3 is 2.62 bits per heavy atom. The third kappa shape index (κ3) is 2.19. The number of nitrogens with one attached hydrogen (secondary N) is 3. The van der Waals surface area contributed by atoms with Crippen LogP contribution in [-0.4, -0.2) is 38.1 Å². The fourth-order valence-electron chi connectivity index (χ4n) is 1.79. The lowest BCUT2D eigenvalue weighted by molar-refractivity contribution is -0.126. The number of carbonyl (C=O) groups excluding carboxylic acids is 1. The van der Waals surface area contributed by atoms with Gasteiger partial charge in [-0.3, -0.25) is 4.79 Å². The maximum absolute atomic E-state index is 11.6. The first-order chi connectivity index (χ1) is 6.36. The topological polar surface area (TPSA) is 53.2 Å². The fraction of sp³-hybridized carbons (Fsp3) is 0.889. The molecule has 2 aliphatic heterocycles. The zero-order valence-electron chi connectivity index (χ0n) is 7.81. The molecule has 0 aromatic rings. The molecule has 4 heteroatoms. The van der Waals surface area contributed by atoms with Gasteiger partial charge in [-0.15, -0.1) is 0 Å². The van der Waals surface area contributed by atoms with Gasteiger partial charge in [0.05, 0.1) is 12.0 Å². The summed E-state index contributed by atoms with van der Waals surface area (Å²) in [6.45, 7) is 3.79. The van der Waals surface area contributed by atoms with Gasteiger partial charge in [-0.1, -0.05) is 0 Å². The van der Waals surface area contributed by atoms with E-state index in [0.29, 0.717) is 6.04 Å². The zero-order chi connectivity index (χ0) is 9.10. The predicted octanol–water partition coefficient (Wildman–Crippen LogP) is -0.926. The Hall–Kier alpha value is -0.610. The highest BCUT2D eigenvalue weighted by atomic mass is 16.2. The normalized spacial score (nSPS) is 29.4. The molecule has 0 radical (unpaired) electrons. The van der Waals surface area contributed by atoms with Gasteiger partial charge in [0.15, 0.2) is 0 Å². The van der Waals surface area contributed by atoms with E-state index in [1.165, 1.54) is 0 Å². The quantitative estimate of drug-likeness (QED) is 0.518. The molecule has 3 N–H and O–H groups in total. The van der Waals surface area contributed by atoms with E-state index >= 15 is 0 Å². The van der Waals surface area contributed by atoms with Gasteiger partial charge in [0, 0.05) is 19.6 Å². The van der Waals surface area contributed by atoms with E-state index in [-0.39, 0.29) is 11.8 Å². The highest BCUT2D eigenvalue weighted by Crippen LogP contribution is 2.10. The van der Waals surface area contributed by atoms with E-state index in [9.17, 15) is 4.79 Å². The fourth-order valence-corrected chi connectivity index (χ4v) is 1.79. The standard InChI is InChI=1S/C9H17N3O/c13-9(12-8-5-11-6-8)7-2-1-3-10-4-7/h7-8,10-11H,1-6H2,(H,12,13)/t7-/m1/s1. The highest BCUT2D eigenvalue weighted by Gasteiger charge is 2.25. The van der Waals surface area contributed by atoms with Crippen LogP contribution in [0.5, 0.6) is 0 Å². The SMILES string of the molecule is O=C(NC1CNC1)[C@@H]1CCCNC1. The summed E-state index contributed by atoms with van der Waals surface area (Å²) in [5.41, 5.74) is 0. The van der Waals surface area contributed by atoms with Crippen molar-refractivity contribution in [3.8, 4) is 0 Å². The van der Waals surface area contributed by atoms with Crippen LogP contribution < -0.4 is 16.0 Å². The molecule has 2 heterocycles. The third-order valence-electron chi connectivity index (χ3n) is 2.80. The van der Waals surface area contributed by atoms with E-state index in [2.05, 4.69) is 16.0 Å². The summed E-state index contributed by atoms with van der Waals surface area (Å²) in [5, 5.41) is 9.43. The van der Waals surface area contributed by atoms with Crippen molar-refractivity contribution in [3.05, 3.63) is 0 Å². The molecule has 1 amide bonds. The molecule has 2 saturated heterocycles. The summed E-state index contributed by atoms with van der Waals surface area (Å²) >= 11 is 0. The average Bonchev–Trinajstić information content (AvgIpc) is 2.12. The van der Waals surface area contributed by atoms with Gasteiger partial charge in [0.2, 0.25) is 5.91 Å². The number of hydrogen-bond acceptors (Lipinski definition) is 3. The molecular weight excluding hydrogens is 166 g/mol. The van der Waals surface area contributed by atoms with E-state index < -0.39 is 0 Å². The Morgan fingerprint density at radius 2 is 2.08 bits per heavy atom. The maximum atomic E-state index is 11.6. The van der Waals surface area contributed by atoms with Crippen molar-refractivity contribution in [2.45, 2.75) is 18.9 Å². The molecule has 4 nitrogen and oxygen atoms in total. The van der Waals surface area contributed by atoms with Crippen LogP contribution in [0.4, 0.5) is 0 Å². The molecule has 13 heavy (non-hydrogen) atoms. The van der Waals surface area contributed by atoms with E-state index in [4.69, 9.17) is 0 Å². The first kappa shape index (κ1) is 8.97. The first-order valence-corrected chi connectivity index (χ1v) is 5.08. The van der Waals surface area contributed by atoms with Gasteiger partial charge in [-0.05, 0) is 19.4 Å². The van der Waals surface area contributed by atoms with Crippen LogP contribution in [0.3, 0.4) is 0 Å². The second kappa shape index (κ2) is 4.07. The Bertz CT molecular complexity index is 185. The monoisotopic (exact) mass is 183 g/mol. The first-order valence-electron chi connectivity index (χ1n) is 5.08. The van der Waals surface area contributed by atoms with Crippen molar-refractivity contribution in [2.24, 2.45) is 5.92 Å². The van der Waals surface area contributed by atoms with Crippen molar-refractivity contribution in [2.75, 3.05) is 26.2 Å². The summed E-state index contributed by atoms with van der Waals surface area (Å²) in [6.07, 6.45) is 2.17. The van der Waals surface area contributed by atoms with Crippen molar-refractivity contribution in [1.29, 1.82) is 0 Å². The summed E-state index contributed by atoms with van der Waals surface area (Å²) in [5.74, 6) is 0.438. The molecule has 0 unspecified atom stereocenters. The number of amides is 1. The maximum Gasteiger partial charge on any atom is 0.224 e. The van der Waals surface area contributed by atoms with Crippen LogP contribution in [0, 0.1) is 5.92 Å². The minimum Gasteiger partial charge on any atom is -0.351 e. The lowest BCUT2D eigenvalue weighted by Crippen LogP contribution is -2.58. The van der Waals surface area contributed by atoms with Crippen LogP contribution in [0.1, 0.15) is 12.8 Å². The van der Waals surface area contributed by atoms with Gasteiger partial charge in [0.1, 0.15) is 0 Å². The van der Waals surface area contributed by atoms with Crippen molar-refractivity contribution in [3.63, 3.8) is 0 Å². The van der Waals surface area contributed by atoms with Crippen LogP contribution >= 0.6 is 0 Å². The Kier molecular flexibility index (Phi) is 2.80. The molecule has 2 fully saturated rings. The molecule has 0 saturated carbocycles. The highest BCUT2D eigenvalue weighted by molar-refractivity contribution is 5.79. The van der Waals surface area contributed by atoms with Crippen molar-refractivity contribution >= 4 is 5.91 Å². The molecule has 0 aliphatic carbocycles. The largest absolute Gasteiger partial charge is 0.351 e. The van der Waals surface area contributed by atoms with Crippen LogP contribution in [0.25, 0.3) is 0 Å². The van der Waals surface area contributed by atoms with Crippen LogP contribution in [0.2, 0.25) is 0 Å². The van der Waals surface area contributed by atoms with Gasteiger partial charge >= 0.3 is 0 Å². The molecule has 0 bridgehead atoms. The molecular formula is C9H17N3O. The van der Waals surface area contributed by atoms with Crippen molar-refractivity contribution < 1.29 is 4.79 Å². The smallest absolute Gasteiger partial charge is 0.224 e. The molecule has 0 aromatic carbocycles. The second-order valence-electron chi connectivity index (χ2n) is 3.91. The summed E-state index contributed by atoms with van der Waals surface area (Å²) in [6, 6.07) is 0.384. The number of hydrogen-bond donors (Lipinski definition) is 3. The van der Waals surface area contributed by atoms with Crippen LogP contribution in [0.15, 0.2) is 0 Å². The van der Waals surface area contributed by atoms with Gasteiger partial charge < -0.3 is 16.0 Å². The number of rotatable bonds is 2. The number of piperidine rings is 1. The molecule has 0 aromatic heterocycles. The molecule has 2 rings (SSSR count). The summed E-state index contributed by atoms with van der Waals surface area (Å²) in [4.78, 5) is 11.6. The Balaban J connectivity index is 1.74. The Morgan fingerprint density at radius 1 is 1.23 bits per heavy atom. The van der Waals surface area contributed by atoms with Gasteiger partial charge in [0.25, 0.3) is 0 Å². The summed E-state index contributed by atoms with van der Waals surface area (Å²) < 4.78 is 0. The predicted molar refractivity (Wildman–Crippen MR) is 50.4 cm³/mol. The zero-order valence-corrected chi connectivity index (χ0v) is 7.81. The van der Waals surface area contributed by atoms with Gasteiger partial charge in [-0.25, -0.2) is 0 Å². The van der Waals surface area contributed by atoms with Gasteiger partial charge in [-0.2, -0.15) is 0 Å². The lowest BCUT2D eigenvalue weighted by atomic mass is 9.98. The van der Waals surface area contributed by atoms with E-state index in [1.807, 2.05) is 0 Å². The summed E-state index contributed by atoms with van der Waals surface area (Å²) in [7, 11) is 0. The Labute approximate surface area is 78.5 Å². The number of carbonyl (C=O) groups is 1. The van der Waals surface area contributed by atoms with Crippen LogP contribution in [-0.2, 0) is 4.79 Å². The third-order valence-corrected chi connectivity index (χ3v) is 2.80. The lowest BCUT2D eigenvalue weighted by Gasteiger charge is -2.30. The average molecular weight is 183 g/mol. The van der Waals surface area contributed by atoms with Crippen molar-refractivity contribution in [1.82, 2.24) is 16.0 Å².